The molecule has 0 aliphatic rings. The van der Waals surface area contributed by atoms with E-state index in [1.54, 1.807) is 20.8 Å². The SMILES string of the molecule is CCC(CO[PH](=O)NCC(=O)OC(C)C)O[C@H](C)n1ccc(=O)[nH]c1=O. The Bertz CT molecular complexity index is 716. The molecule has 0 fully saturated rings. The maximum atomic E-state index is 11.8. The number of nitrogens with zero attached hydrogens (tertiary/aromatic N) is 1. The Labute approximate surface area is 151 Å². The second-order valence-corrected chi connectivity index (χ2v) is 6.99. The van der Waals surface area contributed by atoms with E-state index in [1.807, 2.05) is 6.92 Å². The van der Waals surface area contributed by atoms with Crippen LogP contribution in [0.2, 0.25) is 0 Å². The Morgan fingerprint density at radius 3 is 2.62 bits per heavy atom. The van der Waals surface area contributed by atoms with Gasteiger partial charge in [-0.15, -0.1) is 0 Å². The molecule has 3 atom stereocenters. The van der Waals surface area contributed by atoms with Crippen LogP contribution in [0, 0.1) is 0 Å². The van der Waals surface area contributed by atoms with Gasteiger partial charge in [-0.2, -0.15) is 0 Å². The van der Waals surface area contributed by atoms with Crippen LogP contribution in [0.1, 0.15) is 40.3 Å². The molecule has 0 amide bonds. The summed E-state index contributed by atoms with van der Waals surface area (Å²) in [6.07, 6.45) is 0.562. The van der Waals surface area contributed by atoms with Gasteiger partial charge in [-0.05, 0) is 27.2 Å². The summed E-state index contributed by atoms with van der Waals surface area (Å²) in [7, 11) is -2.63. The summed E-state index contributed by atoms with van der Waals surface area (Å²) in [4.78, 5) is 36.3. The van der Waals surface area contributed by atoms with Gasteiger partial charge >= 0.3 is 11.7 Å². The molecule has 0 aliphatic heterocycles. The summed E-state index contributed by atoms with van der Waals surface area (Å²) in [6, 6.07) is 1.22. The largest absolute Gasteiger partial charge is 0.462 e. The lowest BCUT2D eigenvalue weighted by Crippen LogP contribution is -2.33. The molecule has 148 valence electrons. The number of H-pyrrole nitrogens is 1. The van der Waals surface area contributed by atoms with E-state index in [0.717, 1.165) is 0 Å². The van der Waals surface area contributed by atoms with Gasteiger partial charge in [0.15, 0.2) is 0 Å². The van der Waals surface area contributed by atoms with E-state index in [-0.39, 0.29) is 19.3 Å². The van der Waals surface area contributed by atoms with Crippen molar-refractivity contribution < 1.29 is 23.4 Å². The highest BCUT2D eigenvalue weighted by Gasteiger charge is 2.16. The van der Waals surface area contributed by atoms with Crippen LogP contribution in [-0.4, -0.2) is 40.9 Å². The average Bonchev–Trinajstić information content (AvgIpc) is 2.55. The van der Waals surface area contributed by atoms with E-state index < -0.39 is 37.7 Å². The fourth-order valence-electron chi connectivity index (χ4n) is 1.98. The number of esters is 1. The summed E-state index contributed by atoms with van der Waals surface area (Å²) in [5.41, 5.74) is -1.07. The van der Waals surface area contributed by atoms with Crippen LogP contribution in [-0.2, 0) is 23.4 Å². The van der Waals surface area contributed by atoms with Crippen LogP contribution in [0.4, 0.5) is 0 Å². The molecule has 0 radical (unpaired) electrons. The number of carbonyl (C=O) groups is 1. The zero-order valence-electron chi connectivity index (χ0n) is 15.3. The maximum absolute atomic E-state index is 11.8. The van der Waals surface area contributed by atoms with Gasteiger partial charge in [0.2, 0.25) is 0 Å². The van der Waals surface area contributed by atoms with Crippen LogP contribution in [0.3, 0.4) is 0 Å². The van der Waals surface area contributed by atoms with Gasteiger partial charge < -0.3 is 14.0 Å². The zero-order chi connectivity index (χ0) is 19.7. The van der Waals surface area contributed by atoms with Gasteiger partial charge in [0, 0.05) is 12.3 Å². The molecule has 0 bridgehead atoms. The number of nitrogens with one attached hydrogen (secondary N) is 2. The average molecular weight is 391 g/mol. The highest BCUT2D eigenvalue weighted by Crippen LogP contribution is 2.19. The van der Waals surface area contributed by atoms with Gasteiger partial charge in [-0.25, -0.2) is 9.88 Å². The molecule has 0 saturated heterocycles. The van der Waals surface area contributed by atoms with Crippen molar-refractivity contribution in [3.8, 4) is 0 Å². The third-order valence-corrected chi connectivity index (χ3v) is 4.13. The molecule has 0 saturated carbocycles. The Kier molecular flexibility index (Phi) is 9.50. The van der Waals surface area contributed by atoms with Gasteiger partial charge in [-0.1, -0.05) is 6.92 Å². The van der Waals surface area contributed by atoms with Gasteiger partial charge in [0.1, 0.15) is 12.8 Å². The van der Waals surface area contributed by atoms with Crippen molar-refractivity contribution in [3.63, 3.8) is 0 Å². The van der Waals surface area contributed by atoms with E-state index in [1.165, 1.54) is 16.8 Å². The topological polar surface area (TPSA) is 129 Å². The number of carbonyl (C=O) groups excluding carboxylic acids is 1. The van der Waals surface area contributed by atoms with Crippen molar-refractivity contribution in [2.24, 2.45) is 0 Å². The molecule has 2 N–H and O–H groups in total. The molecule has 1 heterocycles. The molecule has 26 heavy (non-hydrogen) atoms. The third kappa shape index (κ3) is 8.09. The summed E-state index contributed by atoms with van der Waals surface area (Å²) in [6.45, 7) is 6.73. The zero-order valence-corrected chi connectivity index (χ0v) is 16.3. The minimum absolute atomic E-state index is 0.0168. The van der Waals surface area contributed by atoms with Gasteiger partial charge in [0.25, 0.3) is 13.7 Å². The predicted molar refractivity (Wildman–Crippen MR) is 95.4 cm³/mol. The summed E-state index contributed by atoms with van der Waals surface area (Å²) in [5, 5.41) is 2.47. The normalized spacial score (nSPS) is 14.8. The summed E-state index contributed by atoms with van der Waals surface area (Å²) in [5.74, 6) is -0.517. The fourth-order valence-corrected chi connectivity index (χ4v) is 2.71. The number of aromatic nitrogens is 2. The first-order valence-corrected chi connectivity index (χ1v) is 9.61. The molecule has 0 aliphatic carbocycles. The molecule has 10 nitrogen and oxygen atoms in total. The van der Waals surface area contributed by atoms with Crippen LogP contribution in [0.5, 0.6) is 0 Å². The molecular formula is C15H26N3O7P. The van der Waals surface area contributed by atoms with Crippen LogP contribution >= 0.6 is 8.18 Å². The van der Waals surface area contributed by atoms with Crippen LogP contribution in [0.25, 0.3) is 0 Å². The van der Waals surface area contributed by atoms with Crippen molar-refractivity contribution in [2.75, 3.05) is 13.2 Å². The van der Waals surface area contributed by atoms with Crippen LogP contribution in [0.15, 0.2) is 21.9 Å². The molecule has 1 aromatic heterocycles. The van der Waals surface area contributed by atoms with Gasteiger partial charge in [-0.3, -0.25) is 23.7 Å². The lowest BCUT2D eigenvalue weighted by atomic mass is 10.3. The number of aromatic amines is 1. The second-order valence-electron chi connectivity index (χ2n) is 5.77. The Hall–Kier alpha value is -1.74. The molecular weight excluding hydrogens is 365 g/mol. The number of rotatable bonds is 11. The highest BCUT2D eigenvalue weighted by molar-refractivity contribution is 7.36. The number of hydrogen-bond donors (Lipinski definition) is 2. The quantitative estimate of drug-likeness (QED) is 0.419. The van der Waals surface area contributed by atoms with E-state index in [9.17, 15) is 18.9 Å². The standard InChI is InChI=1S/C15H26N3O7P/c1-5-12(9-23-26(22)16-8-14(20)24-10(2)3)25-11(4)18-7-6-13(19)17-15(18)21/h6-7,10-12,26H,5,8-9H2,1-4H3,(H,16,22)(H,17,19,21)/t11-,12?/m1/s1. The molecule has 0 spiro atoms. The van der Waals surface area contributed by atoms with E-state index >= 15 is 0 Å². The Balaban J connectivity index is 2.46. The lowest BCUT2D eigenvalue weighted by Gasteiger charge is -2.22. The third-order valence-electron chi connectivity index (χ3n) is 3.23. The number of ether oxygens (including phenoxy) is 2. The monoisotopic (exact) mass is 391 g/mol. The predicted octanol–water partition coefficient (Wildman–Crippen LogP) is 0.798. The van der Waals surface area contributed by atoms with Gasteiger partial charge in [0.05, 0.1) is 18.8 Å². The number of hydrogen-bond acceptors (Lipinski definition) is 7. The van der Waals surface area contributed by atoms with Crippen LogP contribution < -0.4 is 16.3 Å². The minimum atomic E-state index is -2.63. The van der Waals surface area contributed by atoms with E-state index in [0.29, 0.717) is 6.42 Å². The minimum Gasteiger partial charge on any atom is -0.462 e. The molecule has 1 rings (SSSR count). The second kappa shape index (κ2) is 11.1. The molecule has 0 aromatic carbocycles. The first kappa shape index (κ1) is 22.3. The summed E-state index contributed by atoms with van der Waals surface area (Å²) < 4.78 is 28.8. The van der Waals surface area contributed by atoms with E-state index in [2.05, 4.69) is 10.1 Å². The van der Waals surface area contributed by atoms with Crippen molar-refractivity contribution >= 4 is 14.1 Å². The smallest absolute Gasteiger partial charge is 0.330 e. The fraction of sp³-hybridized carbons (Fsp3) is 0.667. The first-order valence-electron chi connectivity index (χ1n) is 8.30. The molecule has 1 aromatic rings. The van der Waals surface area contributed by atoms with E-state index in [4.69, 9.17) is 14.0 Å². The molecule has 11 heteroatoms. The Morgan fingerprint density at radius 2 is 2.04 bits per heavy atom. The molecule has 2 unspecified atom stereocenters. The van der Waals surface area contributed by atoms with Crippen molar-refractivity contribution in [1.29, 1.82) is 0 Å². The highest BCUT2D eigenvalue weighted by atomic mass is 31.1. The first-order chi connectivity index (χ1) is 12.2. The van der Waals surface area contributed by atoms with Crippen molar-refractivity contribution in [1.82, 2.24) is 14.6 Å². The van der Waals surface area contributed by atoms with Crippen molar-refractivity contribution in [3.05, 3.63) is 33.1 Å². The maximum Gasteiger partial charge on any atom is 0.330 e. The lowest BCUT2D eigenvalue weighted by molar-refractivity contribution is -0.145. The summed E-state index contributed by atoms with van der Waals surface area (Å²) >= 11 is 0. The van der Waals surface area contributed by atoms with Crippen molar-refractivity contribution in [2.45, 2.75) is 52.6 Å². The Morgan fingerprint density at radius 1 is 1.35 bits per heavy atom.